The molecule has 0 radical (unpaired) electrons. The van der Waals surface area contributed by atoms with Gasteiger partial charge in [0, 0.05) is 48.7 Å². The van der Waals surface area contributed by atoms with Gasteiger partial charge in [-0.05, 0) is 48.0 Å². The molecule has 0 aromatic heterocycles. The SMILES string of the molecule is CS(=O)(=O)Nc1ccc(/C=C/C(=O)NCC(=O)N2CCN(c3ccc(Cl)cc3)CC2)cc1. The average molecular weight is 477 g/mol. The van der Waals surface area contributed by atoms with Crippen LogP contribution in [0.2, 0.25) is 5.02 Å². The molecule has 2 amide bonds. The minimum Gasteiger partial charge on any atom is -0.368 e. The first-order chi connectivity index (χ1) is 15.2. The summed E-state index contributed by atoms with van der Waals surface area (Å²) in [7, 11) is -3.34. The van der Waals surface area contributed by atoms with Crippen LogP contribution in [0.3, 0.4) is 0 Å². The molecular weight excluding hydrogens is 452 g/mol. The first-order valence-electron chi connectivity index (χ1n) is 10.0. The fourth-order valence-corrected chi connectivity index (χ4v) is 3.94. The van der Waals surface area contributed by atoms with Crippen LogP contribution in [0.1, 0.15) is 5.56 Å². The summed E-state index contributed by atoms with van der Waals surface area (Å²) in [5, 5.41) is 3.29. The van der Waals surface area contributed by atoms with Gasteiger partial charge in [-0.3, -0.25) is 14.3 Å². The largest absolute Gasteiger partial charge is 0.368 e. The van der Waals surface area contributed by atoms with Crippen LogP contribution in [-0.4, -0.2) is 64.1 Å². The number of halogens is 1. The molecule has 170 valence electrons. The van der Waals surface area contributed by atoms with Gasteiger partial charge in [-0.25, -0.2) is 8.42 Å². The van der Waals surface area contributed by atoms with Crippen molar-refractivity contribution in [3.63, 3.8) is 0 Å². The van der Waals surface area contributed by atoms with E-state index in [0.29, 0.717) is 36.9 Å². The Morgan fingerprint density at radius 2 is 1.62 bits per heavy atom. The standard InChI is InChI=1S/C22H25ClN4O4S/c1-32(30,31)25-19-7-2-17(3-8-19)4-11-21(28)24-16-22(29)27-14-12-26(13-15-27)20-9-5-18(23)6-10-20/h2-11,25H,12-16H2,1H3,(H,24,28)/b11-4+. The van der Waals surface area contributed by atoms with Crippen LogP contribution < -0.4 is 14.9 Å². The van der Waals surface area contributed by atoms with Crippen LogP contribution in [0.15, 0.2) is 54.6 Å². The van der Waals surface area contributed by atoms with Gasteiger partial charge in [0.15, 0.2) is 0 Å². The molecule has 0 atom stereocenters. The third-order valence-corrected chi connectivity index (χ3v) is 5.74. The Hall–Kier alpha value is -3.04. The predicted molar refractivity (Wildman–Crippen MR) is 127 cm³/mol. The molecule has 8 nitrogen and oxygen atoms in total. The lowest BCUT2D eigenvalue weighted by Crippen LogP contribution is -2.51. The van der Waals surface area contributed by atoms with Gasteiger partial charge >= 0.3 is 0 Å². The quantitative estimate of drug-likeness (QED) is 0.597. The summed E-state index contributed by atoms with van der Waals surface area (Å²) >= 11 is 5.93. The average Bonchev–Trinajstić information content (AvgIpc) is 2.76. The van der Waals surface area contributed by atoms with Crippen molar-refractivity contribution in [1.82, 2.24) is 10.2 Å². The maximum atomic E-state index is 12.4. The van der Waals surface area contributed by atoms with E-state index in [-0.39, 0.29) is 18.4 Å². The Kier molecular flexibility index (Phi) is 7.76. The van der Waals surface area contributed by atoms with E-state index in [1.165, 1.54) is 6.08 Å². The van der Waals surface area contributed by atoms with Crippen molar-refractivity contribution in [3.8, 4) is 0 Å². The lowest BCUT2D eigenvalue weighted by Gasteiger charge is -2.36. The van der Waals surface area contributed by atoms with Gasteiger partial charge in [0.25, 0.3) is 0 Å². The summed E-state index contributed by atoms with van der Waals surface area (Å²) in [4.78, 5) is 28.4. The van der Waals surface area contributed by atoms with E-state index in [1.54, 1.807) is 35.2 Å². The summed E-state index contributed by atoms with van der Waals surface area (Å²) in [5.41, 5.74) is 2.24. The molecule has 0 spiro atoms. The Balaban J connectivity index is 1.42. The molecule has 2 N–H and O–H groups in total. The van der Waals surface area contributed by atoms with Crippen LogP contribution in [0.25, 0.3) is 6.08 Å². The zero-order chi connectivity index (χ0) is 23.1. The highest BCUT2D eigenvalue weighted by molar-refractivity contribution is 7.92. The molecular formula is C22H25ClN4O4S. The first-order valence-corrected chi connectivity index (χ1v) is 12.3. The highest BCUT2D eigenvalue weighted by atomic mass is 35.5. The van der Waals surface area contributed by atoms with E-state index < -0.39 is 10.0 Å². The van der Waals surface area contributed by atoms with E-state index in [1.807, 2.05) is 24.3 Å². The van der Waals surface area contributed by atoms with Crippen LogP contribution in [0, 0.1) is 0 Å². The number of hydrogen-bond acceptors (Lipinski definition) is 5. The second-order valence-corrected chi connectivity index (χ2v) is 9.58. The van der Waals surface area contributed by atoms with Crippen LogP contribution in [0.5, 0.6) is 0 Å². The topological polar surface area (TPSA) is 98.8 Å². The Labute approximate surface area is 192 Å². The number of carbonyl (C=O) groups excluding carboxylic acids is 2. The number of sulfonamides is 1. The smallest absolute Gasteiger partial charge is 0.244 e. The van der Waals surface area contributed by atoms with Gasteiger partial charge < -0.3 is 15.1 Å². The fourth-order valence-electron chi connectivity index (χ4n) is 3.25. The van der Waals surface area contributed by atoms with Crippen molar-refractivity contribution in [2.75, 3.05) is 48.6 Å². The number of hydrogen-bond donors (Lipinski definition) is 2. The van der Waals surface area contributed by atoms with E-state index in [9.17, 15) is 18.0 Å². The highest BCUT2D eigenvalue weighted by Crippen LogP contribution is 2.19. The van der Waals surface area contributed by atoms with E-state index in [2.05, 4.69) is 14.9 Å². The Bertz CT molecular complexity index is 1080. The number of anilines is 2. The Morgan fingerprint density at radius 1 is 1.00 bits per heavy atom. The Morgan fingerprint density at radius 3 is 2.22 bits per heavy atom. The minimum atomic E-state index is -3.34. The van der Waals surface area contributed by atoms with Crippen LogP contribution in [0.4, 0.5) is 11.4 Å². The van der Waals surface area contributed by atoms with Crippen molar-refractivity contribution >= 4 is 50.9 Å². The molecule has 1 saturated heterocycles. The number of nitrogens with zero attached hydrogens (tertiary/aromatic N) is 2. The fraction of sp³-hybridized carbons (Fsp3) is 0.273. The van der Waals surface area contributed by atoms with E-state index >= 15 is 0 Å². The first kappa shape index (κ1) is 23.6. The highest BCUT2D eigenvalue weighted by Gasteiger charge is 2.21. The molecule has 0 aliphatic carbocycles. The lowest BCUT2D eigenvalue weighted by atomic mass is 10.2. The summed E-state index contributed by atoms with van der Waals surface area (Å²) in [6.07, 6.45) is 4.01. The number of carbonyl (C=O) groups is 2. The van der Waals surface area contributed by atoms with Crippen molar-refractivity contribution in [3.05, 3.63) is 65.2 Å². The lowest BCUT2D eigenvalue weighted by molar-refractivity contribution is -0.132. The second-order valence-electron chi connectivity index (χ2n) is 7.39. The number of rotatable bonds is 7. The number of piperazine rings is 1. The maximum absolute atomic E-state index is 12.4. The third kappa shape index (κ3) is 7.28. The zero-order valence-corrected chi connectivity index (χ0v) is 19.2. The van der Waals surface area contributed by atoms with Crippen molar-refractivity contribution in [2.24, 2.45) is 0 Å². The molecule has 0 bridgehead atoms. The molecule has 0 saturated carbocycles. The maximum Gasteiger partial charge on any atom is 0.244 e. The molecule has 2 aromatic rings. The molecule has 1 fully saturated rings. The summed E-state index contributed by atoms with van der Waals surface area (Å²) in [5.74, 6) is -0.504. The van der Waals surface area contributed by atoms with Crippen LogP contribution >= 0.6 is 11.6 Å². The summed E-state index contributed by atoms with van der Waals surface area (Å²) in [6, 6.07) is 14.2. The molecule has 32 heavy (non-hydrogen) atoms. The molecule has 1 aliphatic heterocycles. The van der Waals surface area contributed by atoms with Crippen LogP contribution in [-0.2, 0) is 19.6 Å². The molecule has 1 aliphatic rings. The van der Waals surface area contributed by atoms with Gasteiger partial charge in [-0.1, -0.05) is 23.7 Å². The second kappa shape index (κ2) is 10.5. The molecule has 0 unspecified atom stereocenters. The molecule has 1 heterocycles. The third-order valence-electron chi connectivity index (χ3n) is 4.88. The normalized spacial score (nSPS) is 14.4. The van der Waals surface area contributed by atoms with Gasteiger partial charge in [-0.15, -0.1) is 0 Å². The van der Waals surface area contributed by atoms with E-state index in [0.717, 1.165) is 17.5 Å². The number of nitrogens with one attached hydrogen (secondary N) is 2. The van der Waals surface area contributed by atoms with Crippen molar-refractivity contribution in [1.29, 1.82) is 0 Å². The van der Waals surface area contributed by atoms with Crippen molar-refractivity contribution in [2.45, 2.75) is 0 Å². The number of amides is 2. The molecule has 10 heteroatoms. The number of benzene rings is 2. The predicted octanol–water partition coefficient (Wildman–Crippen LogP) is 2.19. The van der Waals surface area contributed by atoms with E-state index in [4.69, 9.17) is 11.6 Å². The van der Waals surface area contributed by atoms with Gasteiger partial charge in [0.1, 0.15) is 0 Å². The summed E-state index contributed by atoms with van der Waals surface area (Å²) in [6.45, 7) is 2.53. The minimum absolute atomic E-state index is 0.0681. The van der Waals surface area contributed by atoms with Gasteiger partial charge in [0.2, 0.25) is 21.8 Å². The molecule has 2 aromatic carbocycles. The van der Waals surface area contributed by atoms with Gasteiger partial charge in [0.05, 0.1) is 12.8 Å². The monoisotopic (exact) mass is 476 g/mol. The van der Waals surface area contributed by atoms with Crippen molar-refractivity contribution < 1.29 is 18.0 Å². The summed E-state index contributed by atoms with van der Waals surface area (Å²) < 4.78 is 24.8. The van der Waals surface area contributed by atoms with Gasteiger partial charge in [-0.2, -0.15) is 0 Å². The molecule has 3 rings (SSSR count). The zero-order valence-electron chi connectivity index (χ0n) is 17.6.